The Morgan fingerprint density at radius 2 is 2.11 bits per heavy atom. The van der Waals surface area contributed by atoms with Crippen molar-refractivity contribution in [2.24, 2.45) is 5.92 Å². The minimum Gasteiger partial charge on any atom is -0.352 e. The first kappa shape index (κ1) is 14.4. The van der Waals surface area contributed by atoms with Crippen LogP contribution in [0.2, 0.25) is 0 Å². The summed E-state index contributed by atoms with van der Waals surface area (Å²) in [7, 11) is 2.15. The summed E-state index contributed by atoms with van der Waals surface area (Å²) < 4.78 is 0. The van der Waals surface area contributed by atoms with Crippen LogP contribution in [0.25, 0.3) is 0 Å². The molecule has 4 heteroatoms. The van der Waals surface area contributed by atoms with Gasteiger partial charge in [0, 0.05) is 17.0 Å². The predicted molar refractivity (Wildman–Crippen MR) is 81.0 cm³/mol. The van der Waals surface area contributed by atoms with Crippen LogP contribution in [0, 0.1) is 12.8 Å². The maximum Gasteiger partial charge on any atom is 0.251 e. The first-order valence-electron chi connectivity index (χ1n) is 6.82. The molecule has 0 aromatic heterocycles. The molecule has 1 aromatic carbocycles. The first-order chi connectivity index (χ1) is 9.06. The van der Waals surface area contributed by atoms with Gasteiger partial charge < -0.3 is 10.2 Å². The second-order valence-corrected chi connectivity index (χ2v) is 5.97. The number of aryl methyl sites for hydroxylation is 1. The molecule has 104 valence electrons. The molecule has 1 saturated heterocycles. The highest BCUT2D eigenvalue weighted by Crippen LogP contribution is 2.16. The summed E-state index contributed by atoms with van der Waals surface area (Å²) >= 11 is 4.29. The number of piperidine rings is 1. The first-order valence-corrected chi connectivity index (χ1v) is 7.27. The SMILES string of the molecule is Cc1ccc(S)cc1C(=O)NCC1CCN(C)CC1. The van der Waals surface area contributed by atoms with E-state index in [1.807, 2.05) is 25.1 Å². The van der Waals surface area contributed by atoms with E-state index in [9.17, 15) is 4.79 Å². The summed E-state index contributed by atoms with van der Waals surface area (Å²) in [6.45, 7) is 5.00. The number of nitrogens with one attached hydrogen (secondary N) is 1. The van der Waals surface area contributed by atoms with Crippen molar-refractivity contribution in [2.45, 2.75) is 24.7 Å². The third-order valence-electron chi connectivity index (χ3n) is 3.86. The van der Waals surface area contributed by atoms with Gasteiger partial charge in [0.1, 0.15) is 0 Å². The summed E-state index contributed by atoms with van der Waals surface area (Å²) in [5.41, 5.74) is 1.74. The number of carbonyl (C=O) groups is 1. The summed E-state index contributed by atoms with van der Waals surface area (Å²) in [6.07, 6.45) is 2.34. The van der Waals surface area contributed by atoms with E-state index < -0.39 is 0 Å². The van der Waals surface area contributed by atoms with E-state index in [0.717, 1.165) is 35.7 Å². The number of rotatable bonds is 3. The van der Waals surface area contributed by atoms with E-state index in [2.05, 4.69) is 29.9 Å². The molecule has 1 aliphatic rings. The van der Waals surface area contributed by atoms with Gasteiger partial charge in [0.15, 0.2) is 0 Å². The highest BCUT2D eigenvalue weighted by Gasteiger charge is 2.18. The molecule has 0 atom stereocenters. The van der Waals surface area contributed by atoms with Crippen molar-refractivity contribution in [3.05, 3.63) is 29.3 Å². The molecule has 0 radical (unpaired) electrons. The van der Waals surface area contributed by atoms with Gasteiger partial charge in [0.05, 0.1) is 0 Å². The smallest absolute Gasteiger partial charge is 0.251 e. The van der Waals surface area contributed by atoms with Crippen molar-refractivity contribution in [1.29, 1.82) is 0 Å². The van der Waals surface area contributed by atoms with Gasteiger partial charge >= 0.3 is 0 Å². The lowest BCUT2D eigenvalue weighted by molar-refractivity contribution is 0.0938. The Bertz CT molecular complexity index is 453. The van der Waals surface area contributed by atoms with Gasteiger partial charge in [-0.05, 0) is 63.5 Å². The van der Waals surface area contributed by atoms with Crippen LogP contribution in [0.15, 0.2) is 23.1 Å². The van der Waals surface area contributed by atoms with Crippen LogP contribution in [-0.2, 0) is 0 Å². The number of hydrogen-bond donors (Lipinski definition) is 2. The van der Waals surface area contributed by atoms with Crippen molar-refractivity contribution < 1.29 is 4.79 Å². The van der Waals surface area contributed by atoms with Gasteiger partial charge in [-0.3, -0.25) is 4.79 Å². The summed E-state index contributed by atoms with van der Waals surface area (Å²) in [4.78, 5) is 15.3. The zero-order chi connectivity index (χ0) is 13.8. The molecule has 2 rings (SSSR count). The molecule has 1 aromatic rings. The molecule has 19 heavy (non-hydrogen) atoms. The molecular formula is C15H22N2OS. The fraction of sp³-hybridized carbons (Fsp3) is 0.533. The number of thiol groups is 1. The van der Waals surface area contributed by atoms with E-state index in [0.29, 0.717) is 5.92 Å². The summed E-state index contributed by atoms with van der Waals surface area (Å²) in [5, 5.41) is 3.06. The minimum absolute atomic E-state index is 0.0207. The molecule has 3 nitrogen and oxygen atoms in total. The number of benzene rings is 1. The molecule has 0 bridgehead atoms. The number of hydrogen-bond acceptors (Lipinski definition) is 3. The van der Waals surface area contributed by atoms with Crippen LogP contribution in [0.3, 0.4) is 0 Å². The number of amides is 1. The Balaban J connectivity index is 1.89. The summed E-state index contributed by atoms with van der Waals surface area (Å²) in [5.74, 6) is 0.631. The topological polar surface area (TPSA) is 32.3 Å². The number of likely N-dealkylation sites (tertiary alicyclic amines) is 1. The van der Waals surface area contributed by atoms with Crippen LogP contribution in [0.5, 0.6) is 0 Å². The van der Waals surface area contributed by atoms with E-state index in [-0.39, 0.29) is 5.91 Å². The largest absolute Gasteiger partial charge is 0.352 e. The quantitative estimate of drug-likeness (QED) is 0.832. The fourth-order valence-corrected chi connectivity index (χ4v) is 2.66. The van der Waals surface area contributed by atoms with Crippen LogP contribution < -0.4 is 5.32 Å². The van der Waals surface area contributed by atoms with Gasteiger partial charge in [-0.1, -0.05) is 6.07 Å². The molecule has 0 spiro atoms. The second-order valence-electron chi connectivity index (χ2n) is 5.46. The second kappa shape index (κ2) is 6.44. The fourth-order valence-electron chi connectivity index (χ4n) is 2.45. The van der Waals surface area contributed by atoms with Gasteiger partial charge in [-0.2, -0.15) is 0 Å². The Kier molecular flexibility index (Phi) is 4.88. The van der Waals surface area contributed by atoms with Crippen LogP contribution in [0.4, 0.5) is 0 Å². The molecule has 0 unspecified atom stereocenters. The van der Waals surface area contributed by atoms with E-state index in [1.165, 1.54) is 12.8 Å². The van der Waals surface area contributed by atoms with E-state index >= 15 is 0 Å². The third-order valence-corrected chi connectivity index (χ3v) is 4.13. The maximum absolute atomic E-state index is 12.2. The van der Waals surface area contributed by atoms with Gasteiger partial charge in [-0.25, -0.2) is 0 Å². The average molecular weight is 278 g/mol. The standard InChI is InChI=1S/C15H22N2OS/c1-11-3-4-13(19)9-14(11)15(18)16-10-12-5-7-17(2)8-6-12/h3-4,9,12,19H,5-8,10H2,1-2H3,(H,16,18). The monoisotopic (exact) mass is 278 g/mol. The van der Waals surface area contributed by atoms with Gasteiger partial charge in [0.2, 0.25) is 0 Å². The Morgan fingerprint density at radius 3 is 2.79 bits per heavy atom. The lowest BCUT2D eigenvalue weighted by Crippen LogP contribution is -2.37. The van der Waals surface area contributed by atoms with E-state index in [4.69, 9.17) is 0 Å². The molecular weight excluding hydrogens is 256 g/mol. The van der Waals surface area contributed by atoms with Crippen molar-refractivity contribution in [3.8, 4) is 0 Å². The Labute approximate surface area is 120 Å². The zero-order valence-electron chi connectivity index (χ0n) is 11.6. The predicted octanol–water partition coefficient (Wildman–Crippen LogP) is 2.36. The van der Waals surface area contributed by atoms with Crippen LogP contribution >= 0.6 is 12.6 Å². The van der Waals surface area contributed by atoms with Crippen LogP contribution in [-0.4, -0.2) is 37.5 Å². The zero-order valence-corrected chi connectivity index (χ0v) is 12.5. The van der Waals surface area contributed by atoms with E-state index in [1.54, 1.807) is 0 Å². The molecule has 1 amide bonds. The number of nitrogens with zero attached hydrogens (tertiary/aromatic N) is 1. The highest BCUT2D eigenvalue weighted by atomic mass is 32.1. The maximum atomic E-state index is 12.2. The highest BCUT2D eigenvalue weighted by molar-refractivity contribution is 7.80. The minimum atomic E-state index is 0.0207. The lowest BCUT2D eigenvalue weighted by Gasteiger charge is -2.29. The van der Waals surface area contributed by atoms with Gasteiger partial charge in [0.25, 0.3) is 5.91 Å². The Morgan fingerprint density at radius 1 is 1.42 bits per heavy atom. The number of carbonyl (C=O) groups excluding carboxylic acids is 1. The molecule has 1 heterocycles. The third kappa shape index (κ3) is 3.98. The molecule has 0 saturated carbocycles. The normalized spacial score (nSPS) is 17.4. The van der Waals surface area contributed by atoms with Crippen LogP contribution in [0.1, 0.15) is 28.8 Å². The van der Waals surface area contributed by atoms with Gasteiger partial charge in [-0.15, -0.1) is 12.6 Å². The van der Waals surface area contributed by atoms with Crippen molar-refractivity contribution in [1.82, 2.24) is 10.2 Å². The molecule has 1 fully saturated rings. The molecule has 0 aliphatic carbocycles. The summed E-state index contributed by atoms with van der Waals surface area (Å²) in [6, 6.07) is 5.68. The average Bonchev–Trinajstić information content (AvgIpc) is 2.40. The molecule has 1 aliphatic heterocycles. The Hall–Kier alpha value is -1.00. The van der Waals surface area contributed by atoms with Crippen molar-refractivity contribution >= 4 is 18.5 Å². The molecule has 1 N–H and O–H groups in total. The van der Waals surface area contributed by atoms with Crippen molar-refractivity contribution in [3.63, 3.8) is 0 Å². The van der Waals surface area contributed by atoms with Crippen molar-refractivity contribution in [2.75, 3.05) is 26.7 Å². The lowest BCUT2D eigenvalue weighted by atomic mass is 9.97.